The first-order chi connectivity index (χ1) is 13.3. The molecule has 0 aliphatic carbocycles. The number of nitrogens with one attached hydrogen (secondary N) is 1. The summed E-state index contributed by atoms with van der Waals surface area (Å²) in [5.41, 5.74) is 2.40. The smallest absolute Gasteiger partial charge is 0.357 e. The minimum Gasteiger partial charge on any atom is -0.357 e. The van der Waals surface area contributed by atoms with Gasteiger partial charge in [-0.3, -0.25) is 14.9 Å². The topological polar surface area (TPSA) is 43.8 Å². The molecule has 0 saturated carbocycles. The van der Waals surface area contributed by atoms with E-state index in [1.165, 1.54) is 10.5 Å². The van der Waals surface area contributed by atoms with Crippen LogP contribution in [0.3, 0.4) is 0 Å². The molecule has 1 atom stereocenters. The molecule has 1 aliphatic heterocycles. The van der Waals surface area contributed by atoms with Gasteiger partial charge < -0.3 is 10.2 Å². The quantitative estimate of drug-likeness (QED) is 0.539. The molecule has 0 bridgehead atoms. The standard InChI is InChI=1S/C20H32F3N5/c1-4-25-19(26-10-7-18-6-9-24-12-16(18)3)28-11-8-17(14-28)13-27(5-2)15-20(21,22)23/h6,9,12,17H,4-5,7-8,10-11,13-15H2,1-3H3,(H,25,26). The molecule has 0 aromatic carbocycles. The van der Waals surface area contributed by atoms with Gasteiger partial charge in [-0.05, 0) is 56.3 Å². The van der Waals surface area contributed by atoms with Crippen LogP contribution in [0.5, 0.6) is 0 Å². The molecule has 8 heteroatoms. The van der Waals surface area contributed by atoms with Gasteiger partial charge in [0.2, 0.25) is 0 Å². The number of aliphatic imine (C=N–C) groups is 1. The highest BCUT2D eigenvalue weighted by Gasteiger charge is 2.32. The maximum Gasteiger partial charge on any atom is 0.401 e. The number of halogens is 3. The number of aryl methyl sites for hydroxylation is 1. The summed E-state index contributed by atoms with van der Waals surface area (Å²) in [7, 11) is 0. The zero-order valence-corrected chi connectivity index (χ0v) is 17.1. The maximum atomic E-state index is 12.7. The summed E-state index contributed by atoms with van der Waals surface area (Å²) in [4.78, 5) is 12.5. The van der Waals surface area contributed by atoms with Crippen LogP contribution < -0.4 is 5.32 Å². The monoisotopic (exact) mass is 399 g/mol. The Kier molecular flexibility index (Phi) is 8.54. The van der Waals surface area contributed by atoms with Crippen LogP contribution in [0.15, 0.2) is 23.5 Å². The lowest BCUT2D eigenvalue weighted by Crippen LogP contribution is -2.42. The van der Waals surface area contributed by atoms with Crippen LogP contribution in [-0.4, -0.2) is 72.7 Å². The number of aromatic nitrogens is 1. The van der Waals surface area contributed by atoms with E-state index in [-0.39, 0.29) is 5.92 Å². The van der Waals surface area contributed by atoms with Crippen LogP contribution in [0, 0.1) is 12.8 Å². The molecule has 1 saturated heterocycles. The van der Waals surface area contributed by atoms with E-state index in [1.807, 2.05) is 26.1 Å². The molecule has 1 unspecified atom stereocenters. The average molecular weight is 400 g/mol. The van der Waals surface area contributed by atoms with Gasteiger partial charge in [-0.25, -0.2) is 0 Å². The summed E-state index contributed by atoms with van der Waals surface area (Å²) in [6.07, 6.45) is 1.24. The molecule has 1 N–H and O–H groups in total. The van der Waals surface area contributed by atoms with Gasteiger partial charge in [0.1, 0.15) is 0 Å². The van der Waals surface area contributed by atoms with Crippen LogP contribution in [0.1, 0.15) is 31.4 Å². The highest BCUT2D eigenvalue weighted by molar-refractivity contribution is 5.80. The van der Waals surface area contributed by atoms with Crippen molar-refractivity contribution >= 4 is 5.96 Å². The Morgan fingerprint density at radius 2 is 2.18 bits per heavy atom. The number of hydrogen-bond acceptors (Lipinski definition) is 3. The highest BCUT2D eigenvalue weighted by Crippen LogP contribution is 2.21. The second kappa shape index (κ2) is 10.6. The molecule has 1 aromatic rings. The Labute approximate surface area is 166 Å². The van der Waals surface area contributed by atoms with Gasteiger partial charge in [-0.15, -0.1) is 0 Å². The van der Waals surface area contributed by atoms with E-state index >= 15 is 0 Å². The minimum atomic E-state index is -4.14. The highest BCUT2D eigenvalue weighted by atomic mass is 19.4. The van der Waals surface area contributed by atoms with Gasteiger partial charge >= 0.3 is 6.18 Å². The second-order valence-corrected chi connectivity index (χ2v) is 7.33. The SMILES string of the molecule is CCNC(=NCCc1ccncc1C)N1CCC(CN(CC)CC(F)(F)F)C1. The third kappa shape index (κ3) is 7.30. The zero-order chi connectivity index (χ0) is 20.6. The van der Waals surface area contributed by atoms with Crippen LogP contribution >= 0.6 is 0 Å². The zero-order valence-electron chi connectivity index (χ0n) is 17.1. The van der Waals surface area contributed by atoms with E-state index < -0.39 is 12.7 Å². The molecule has 0 amide bonds. The Morgan fingerprint density at radius 3 is 2.82 bits per heavy atom. The lowest BCUT2D eigenvalue weighted by molar-refractivity contribution is -0.146. The van der Waals surface area contributed by atoms with E-state index in [1.54, 1.807) is 13.1 Å². The van der Waals surface area contributed by atoms with Gasteiger partial charge in [-0.1, -0.05) is 6.92 Å². The molecular weight excluding hydrogens is 367 g/mol. The van der Waals surface area contributed by atoms with Crippen molar-refractivity contribution in [3.8, 4) is 0 Å². The Bertz CT molecular complexity index is 633. The molecule has 0 radical (unpaired) electrons. The number of rotatable bonds is 8. The van der Waals surface area contributed by atoms with E-state index in [2.05, 4.69) is 15.2 Å². The molecular formula is C20H32F3N5. The van der Waals surface area contributed by atoms with Gasteiger partial charge in [0.05, 0.1) is 6.54 Å². The van der Waals surface area contributed by atoms with Crippen LogP contribution in [0.4, 0.5) is 13.2 Å². The fourth-order valence-corrected chi connectivity index (χ4v) is 3.59. The number of likely N-dealkylation sites (tertiary alicyclic amines) is 1. The Hall–Kier alpha value is -1.83. The number of guanidine groups is 1. The third-order valence-electron chi connectivity index (χ3n) is 5.07. The van der Waals surface area contributed by atoms with Gasteiger partial charge in [0.15, 0.2) is 5.96 Å². The Balaban J connectivity index is 1.90. The van der Waals surface area contributed by atoms with E-state index in [0.717, 1.165) is 44.0 Å². The average Bonchev–Trinajstić information content (AvgIpc) is 3.09. The van der Waals surface area contributed by atoms with Crippen molar-refractivity contribution in [3.63, 3.8) is 0 Å². The fraction of sp³-hybridized carbons (Fsp3) is 0.700. The van der Waals surface area contributed by atoms with Gasteiger partial charge in [0, 0.05) is 45.1 Å². The van der Waals surface area contributed by atoms with E-state index in [4.69, 9.17) is 4.99 Å². The molecule has 1 aromatic heterocycles. The maximum absolute atomic E-state index is 12.7. The number of alkyl halides is 3. The van der Waals surface area contributed by atoms with Crippen molar-refractivity contribution in [2.75, 3.05) is 45.8 Å². The predicted octanol–water partition coefficient (Wildman–Crippen LogP) is 3.10. The molecule has 1 fully saturated rings. The largest absolute Gasteiger partial charge is 0.401 e. The summed E-state index contributed by atoms with van der Waals surface area (Å²) in [5, 5.41) is 3.32. The van der Waals surface area contributed by atoms with Crippen molar-refractivity contribution in [1.29, 1.82) is 0 Å². The van der Waals surface area contributed by atoms with E-state index in [9.17, 15) is 13.2 Å². The Morgan fingerprint density at radius 1 is 1.39 bits per heavy atom. The van der Waals surface area contributed by atoms with Crippen molar-refractivity contribution in [3.05, 3.63) is 29.6 Å². The van der Waals surface area contributed by atoms with Crippen molar-refractivity contribution in [1.82, 2.24) is 20.1 Å². The molecule has 5 nitrogen and oxygen atoms in total. The first kappa shape index (κ1) is 22.5. The minimum absolute atomic E-state index is 0.230. The van der Waals surface area contributed by atoms with Crippen molar-refractivity contribution in [2.45, 2.75) is 39.8 Å². The van der Waals surface area contributed by atoms with Gasteiger partial charge in [0.25, 0.3) is 0 Å². The summed E-state index contributed by atoms with van der Waals surface area (Å²) in [5.74, 6) is 1.09. The lowest BCUT2D eigenvalue weighted by Gasteiger charge is -2.26. The molecule has 1 aliphatic rings. The molecule has 158 valence electrons. The first-order valence-corrected chi connectivity index (χ1v) is 10.0. The summed E-state index contributed by atoms with van der Waals surface area (Å²) in [6.45, 7) is 8.92. The second-order valence-electron chi connectivity index (χ2n) is 7.33. The van der Waals surface area contributed by atoms with E-state index in [0.29, 0.717) is 19.6 Å². The van der Waals surface area contributed by atoms with Crippen LogP contribution in [0.25, 0.3) is 0 Å². The predicted molar refractivity (Wildman–Crippen MR) is 107 cm³/mol. The molecule has 28 heavy (non-hydrogen) atoms. The van der Waals surface area contributed by atoms with Crippen LogP contribution in [-0.2, 0) is 6.42 Å². The summed E-state index contributed by atoms with van der Waals surface area (Å²) >= 11 is 0. The fourth-order valence-electron chi connectivity index (χ4n) is 3.59. The number of nitrogens with zero attached hydrogens (tertiary/aromatic N) is 4. The summed E-state index contributed by atoms with van der Waals surface area (Å²) in [6, 6.07) is 2.02. The third-order valence-corrected chi connectivity index (χ3v) is 5.07. The molecule has 2 heterocycles. The number of hydrogen-bond donors (Lipinski definition) is 1. The molecule has 0 spiro atoms. The lowest BCUT2D eigenvalue weighted by atomic mass is 10.1. The van der Waals surface area contributed by atoms with Crippen molar-refractivity contribution < 1.29 is 13.2 Å². The number of pyridine rings is 1. The van der Waals surface area contributed by atoms with Crippen LogP contribution in [0.2, 0.25) is 0 Å². The summed E-state index contributed by atoms with van der Waals surface area (Å²) < 4.78 is 38.1. The van der Waals surface area contributed by atoms with Crippen molar-refractivity contribution in [2.24, 2.45) is 10.9 Å². The molecule has 2 rings (SSSR count). The first-order valence-electron chi connectivity index (χ1n) is 10.0. The normalized spacial score (nSPS) is 18.2. The van der Waals surface area contributed by atoms with Gasteiger partial charge in [-0.2, -0.15) is 13.2 Å².